The molecule has 94 valence electrons. The van der Waals surface area contributed by atoms with Crippen LogP contribution in [-0.4, -0.2) is 25.0 Å². The number of benzene rings is 1. The maximum Gasteiger partial charge on any atom is 0.150 e. The van der Waals surface area contributed by atoms with Crippen molar-refractivity contribution in [1.82, 2.24) is 0 Å². The molecule has 17 heavy (non-hydrogen) atoms. The summed E-state index contributed by atoms with van der Waals surface area (Å²) >= 11 is 0. The Morgan fingerprint density at radius 1 is 1.35 bits per heavy atom. The predicted octanol–water partition coefficient (Wildman–Crippen LogP) is 1.77. The Labute approximate surface area is 102 Å². The van der Waals surface area contributed by atoms with Gasteiger partial charge >= 0.3 is 0 Å². The first kappa shape index (κ1) is 12.6. The van der Waals surface area contributed by atoms with E-state index in [2.05, 4.69) is 0 Å². The Hall–Kier alpha value is -0.870. The van der Waals surface area contributed by atoms with Crippen LogP contribution in [0, 0.1) is 19.8 Å². The van der Waals surface area contributed by atoms with Crippen molar-refractivity contribution in [3.63, 3.8) is 0 Å². The van der Waals surface area contributed by atoms with Crippen LogP contribution in [0.15, 0.2) is 18.2 Å². The zero-order valence-corrected chi connectivity index (χ0v) is 11.0. The lowest BCUT2D eigenvalue weighted by Crippen LogP contribution is -2.15. The molecule has 0 radical (unpaired) electrons. The van der Waals surface area contributed by atoms with Crippen LogP contribution in [0.4, 0.5) is 0 Å². The zero-order valence-electron chi connectivity index (χ0n) is 10.2. The van der Waals surface area contributed by atoms with Crippen molar-refractivity contribution >= 4 is 9.84 Å². The van der Waals surface area contributed by atoms with Crippen LogP contribution < -0.4 is 0 Å². The lowest BCUT2D eigenvalue weighted by atomic mass is 9.91. The lowest BCUT2D eigenvalue weighted by molar-refractivity contribution is 0.120. The Bertz CT molecular complexity index is 519. The van der Waals surface area contributed by atoms with Crippen LogP contribution in [0.25, 0.3) is 0 Å². The first-order valence-electron chi connectivity index (χ1n) is 5.85. The molecule has 1 aliphatic rings. The number of sulfone groups is 1. The highest BCUT2D eigenvalue weighted by Crippen LogP contribution is 2.33. The van der Waals surface area contributed by atoms with Crippen molar-refractivity contribution in [2.75, 3.05) is 11.5 Å². The fraction of sp³-hybridized carbons (Fsp3) is 0.538. The molecule has 0 amide bonds. The molecular formula is C13H18O3S. The third-order valence-corrected chi connectivity index (χ3v) is 5.47. The highest BCUT2D eigenvalue weighted by atomic mass is 32.2. The summed E-state index contributed by atoms with van der Waals surface area (Å²) in [6.45, 7) is 3.97. The minimum absolute atomic E-state index is 0.113. The summed E-state index contributed by atoms with van der Waals surface area (Å²) < 4.78 is 22.8. The van der Waals surface area contributed by atoms with Gasteiger partial charge in [-0.3, -0.25) is 0 Å². The summed E-state index contributed by atoms with van der Waals surface area (Å²) in [6, 6.07) is 5.79. The van der Waals surface area contributed by atoms with Crippen LogP contribution in [0.3, 0.4) is 0 Å². The van der Waals surface area contributed by atoms with Crippen molar-refractivity contribution in [3.05, 3.63) is 34.9 Å². The maximum absolute atomic E-state index is 11.4. The molecule has 1 aliphatic heterocycles. The Morgan fingerprint density at radius 3 is 2.65 bits per heavy atom. The number of hydrogen-bond acceptors (Lipinski definition) is 3. The molecule has 1 saturated heterocycles. The van der Waals surface area contributed by atoms with Crippen molar-refractivity contribution in [1.29, 1.82) is 0 Å². The second kappa shape index (κ2) is 4.42. The minimum atomic E-state index is -2.93. The quantitative estimate of drug-likeness (QED) is 0.875. The van der Waals surface area contributed by atoms with Crippen LogP contribution in [0.1, 0.15) is 29.2 Å². The first-order chi connectivity index (χ1) is 7.91. The van der Waals surface area contributed by atoms with Crippen LogP contribution in [-0.2, 0) is 9.84 Å². The van der Waals surface area contributed by atoms with E-state index in [-0.39, 0.29) is 17.4 Å². The van der Waals surface area contributed by atoms with Gasteiger partial charge in [-0.2, -0.15) is 0 Å². The van der Waals surface area contributed by atoms with Crippen molar-refractivity contribution in [3.8, 4) is 0 Å². The van der Waals surface area contributed by atoms with Crippen LogP contribution in [0.2, 0.25) is 0 Å². The molecule has 1 aromatic rings. The van der Waals surface area contributed by atoms with Gasteiger partial charge < -0.3 is 5.11 Å². The van der Waals surface area contributed by atoms with Gasteiger partial charge in [0.05, 0.1) is 17.6 Å². The largest absolute Gasteiger partial charge is 0.388 e. The minimum Gasteiger partial charge on any atom is -0.388 e. The van der Waals surface area contributed by atoms with E-state index in [0.29, 0.717) is 6.42 Å². The zero-order chi connectivity index (χ0) is 12.6. The third-order valence-electron chi connectivity index (χ3n) is 3.68. The topological polar surface area (TPSA) is 54.4 Å². The normalized spacial score (nSPS) is 24.8. The number of hydrogen-bond donors (Lipinski definition) is 1. The molecule has 2 atom stereocenters. The van der Waals surface area contributed by atoms with E-state index in [9.17, 15) is 13.5 Å². The van der Waals surface area contributed by atoms with Crippen LogP contribution >= 0.6 is 0 Å². The van der Waals surface area contributed by atoms with E-state index < -0.39 is 15.9 Å². The van der Waals surface area contributed by atoms with Gasteiger partial charge in [-0.25, -0.2) is 8.42 Å². The monoisotopic (exact) mass is 254 g/mol. The van der Waals surface area contributed by atoms with Crippen molar-refractivity contribution in [2.24, 2.45) is 5.92 Å². The average Bonchev–Trinajstić information content (AvgIpc) is 2.62. The molecular weight excluding hydrogens is 236 g/mol. The molecule has 2 rings (SSSR count). The van der Waals surface area contributed by atoms with Gasteiger partial charge in [-0.05, 0) is 37.0 Å². The molecule has 0 aliphatic carbocycles. The average molecular weight is 254 g/mol. The highest BCUT2D eigenvalue weighted by molar-refractivity contribution is 7.91. The third kappa shape index (κ3) is 2.53. The smallest absolute Gasteiger partial charge is 0.150 e. The summed E-state index contributed by atoms with van der Waals surface area (Å²) in [5, 5.41) is 10.3. The van der Waals surface area contributed by atoms with Gasteiger partial charge in [-0.1, -0.05) is 18.2 Å². The van der Waals surface area contributed by atoms with Gasteiger partial charge in [0.15, 0.2) is 9.84 Å². The number of aliphatic hydroxyl groups is 1. The fourth-order valence-corrected chi connectivity index (χ4v) is 4.25. The molecule has 4 heteroatoms. The molecule has 0 saturated carbocycles. The number of aryl methyl sites for hydroxylation is 1. The Balaban J connectivity index is 2.26. The van der Waals surface area contributed by atoms with E-state index >= 15 is 0 Å². The predicted molar refractivity (Wildman–Crippen MR) is 67.6 cm³/mol. The summed E-state index contributed by atoms with van der Waals surface area (Å²) in [5.41, 5.74) is 3.05. The molecule has 0 bridgehead atoms. The van der Waals surface area contributed by atoms with Crippen LogP contribution in [0.5, 0.6) is 0 Å². The van der Waals surface area contributed by atoms with E-state index in [1.54, 1.807) is 0 Å². The molecule has 1 fully saturated rings. The Kier molecular flexibility index (Phi) is 3.27. The molecule has 2 unspecified atom stereocenters. The van der Waals surface area contributed by atoms with E-state index in [4.69, 9.17) is 0 Å². The maximum atomic E-state index is 11.4. The van der Waals surface area contributed by atoms with Crippen molar-refractivity contribution < 1.29 is 13.5 Å². The molecule has 0 aromatic heterocycles. The Morgan fingerprint density at radius 2 is 2.06 bits per heavy atom. The molecule has 1 heterocycles. The van der Waals surface area contributed by atoms with Crippen molar-refractivity contribution in [2.45, 2.75) is 26.4 Å². The summed E-state index contributed by atoms with van der Waals surface area (Å²) in [7, 11) is -2.93. The van der Waals surface area contributed by atoms with Gasteiger partial charge in [0.2, 0.25) is 0 Å². The van der Waals surface area contributed by atoms with E-state index in [0.717, 1.165) is 16.7 Å². The van der Waals surface area contributed by atoms with Gasteiger partial charge in [-0.15, -0.1) is 0 Å². The summed E-state index contributed by atoms with van der Waals surface area (Å²) in [4.78, 5) is 0. The second-order valence-electron chi connectivity index (χ2n) is 4.90. The molecule has 1 aromatic carbocycles. The SMILES string of the molecule is Cc1cccc(C(O)C2CCS(=O)(=O)C2)c1C. The fourth-order valence-electron chi connectivity index (χ4n) is 2.42. The first-order valence-corrected chi connectivity index (χ1v) is 7.67. The van der Waals surface area contributed by atoms with Gasteiger partial charge in [0, 0.05) is 5.92 Å². The summed E-state index contributed by atoms with van der Waals surface area (Å²) in [5.74, 6) is 0.168. The van der Waals surface area contributed by atoms with E-state index in [1.807, 2.05) is 32.0 Å². The molecule has 1 N–H and O–H groups in total. The standard InChI is InChI=1S/C13H18O3S/c1-9-4-3-5-12(10(9)2)13(14)11-6-7-17(15,16)8-11/h3-5,11,13-14H,6-8H2,1-2H3. The second-order valence-corrected chi connectivity index (χ2v) is 7.13. The lowest BCUT2D eigenvalue weighted by Gasteiger charge is -2.20. The molecule has 3 nitrogen and oxygen atoms in total. The highest BCUT2D eigenvalue weighted by Gasteiger charge is 2.34. The van der Waals surface area contributed by atoms with E-state index in [1.165, 1.54) is 0 Å². The molecule has 0 spiro atoms. The van der Waals surface area contributed by atoms with Gasteiger partial charge in [0.25, 0.3) is 0 Å². The summed E-state index contributed by atoms with van der Waals surface area (Å²) in [6.07, 6.45) is -0.0937. The number of rotatable bonds is 2. The number of aliphatic hydroxyl groups excluding tert-OH is 1. The van der Waals surface area contributed by atoms with Gasteiger partial charge in [0.1, 0.15) is 0 Å².